The van der Waals surface area contributed by atoms with Gasteiger partial charge in [0.05, 0.1) is 47.6 Å². The molecule has 1 fully saturated rings. The minimum Gasteiger partial charge on any atom is -0.363 e. The Kier molecular flexibility index (Phi) is 22.0. The van der Waals surface area contributed by atoms with Crippen LogP contribution in [0.1, 0.15) is 110 Å². The summed E-state index contributed by atoms with van der Waals surface area (Å²) in [5.41, 5.74) is 13.0. The van der Waals surface area contributed by atoms with Gasteiger partial charge in [-0.1, -0.05) is 114 Å². The first-order valence-electron chi connectivity index (χ1n) is 30.5. The van der Waals surface area contributed by atoms with E-state index >= 15 is 0 Å². The van der Waals surface area contributed by atoms with E-state index in [0.717, 1.165) is 134 Å². The summed E-state index contributed by atoms with van der Waals surface area (Å²) in [6, 6.07) is 26.2. The highest BCUT2D eigenvalue weighted by Gasteiger charge is 2.21. The molecule has 0 radical (unpaired) electrons. The number of hydrogen-bond acceptors (Lipinski definition) is 16. The molecule has 24 heteroatoms. The summed E-state index contributed by atoms with van der Waals surface area (Å²) in [5, 5.41) is 13.5. The van der Waals surface area contributed by atoms with Crippen LogP contribution >= 0.6 is 63.7 Å². The molecule has 0 amide bonds. The van der Waals surface area contributed by atoms with E-state index in [1.165, 1.54) is 37.7 Å². The predicted octanol–water partition coefficient (Wildman–Crippen LogP) is 15.6. The van der Waals surface area contributed by atoms with Crippen LogP contribution in [0.4, 0.5) is 23.3 Å². The minimum absolute atomic E-state index is 0.0391. The van der Waals surface area contributed by atoms with Crippen LogP contribution in [0.2, 0.25) is 0 Å². The van der Waals surface area contributed by atoms with Crippen molar-refractivity contribution in [1.82, 2.24) is 77.4 Å². The van der Waals surface area contributed by atoms with Gasteiger partial charge in [-0.15, -0.1) is 0 Å². The monoisotopic (exact) mass is 1480 g/mol. The van der Waals surface area contributed by atoms with Crippen LogP contribution in [0.15, 0.2) is 196 Å². The van der Waals surface area contributed by atoms with Crippen LogP contribution in [-0.4, -0.2) is 77.4 Å². The number of pyridine rings is 4. The second-order valence-corrected chi connectivity index (χ2v) is 26.4. The molecular formula is C68H70Br4N20. The molecule has 0 unspecified atom stereocenters. The number of nitrogens with zero attached hydrogens (tertiary/aromatic N) is 16. The Morgan fingerprint density at radius 1 is 0.413 bits per heavy atom. The molecule has 4 N–H and O–H groups in total. The number of anilines is 4. The number of halogens is 4. The lowest BCUT2D eigenvalue weighted by Crippen LogP contribution is -2.16. The van der Waals surface area contributed by atoms with Crippen molar-refractivity contribution >= 4 is 110 Å². The molecule has 1 aromatic carbocycles. The van der Waals surface area contributed by atoms with Crippen LogP contribution in [0, 0.1) is 5.92 Å². The number of rotatable bonds is 17. The van der Waals surface area contributed by atoms with Crippen molar-refractivity contribution in [3.05, 3.63) is 247 Å². The molecule has 92 heavy (non-hydrogen) atoms. The summed E-state index contributed by atoms with van der Waals surface area (Å²) in [5.74, 6) is 3.93. The maximum absolute atomic E-state index is 4.89. The summed E-state index contributed by atoms with van der Waals surface area (Å²) < 4.78 is 11.8. The number of aromatic nitrogens is 16. The zero-order valence-corrected chi connectivity index (χ0v) is 57.8. The van der Waals surface area contributed by atoms with Gasteiger partial charge in [0.15, 0.2) is 45.9 Å². The molecule has 0 spiro atoms. The summed E-state index contributed by atoms with van der Waals surface area (Å²) in [6.07, 6.45) is 39.3. The number of aryl methyl sites for hydroxylation is 1. The lowest BCUT2D eigenvalue weighted by atomic mass is 9.86. The third-order valence-corrected chi connectivity index (χ3v) is 17.6. The maximum Gasteiger partial charge on any atom is 0.181 e. The summed E-state index contributed by atoms with van der Waals surface area (Å²) in [7, 11) is 0. The zero-order valence-electron chi connectivity index (χ0n) is 51.5. The Hall–Kier alpha value is -8.58. The van der Waals surface area contributed by atoms with E-state index in [9.17, 15) is 0 Å². The largest absolute Gasteiger partial charge is 0.363 e. The van der Waals surface area contributed by atoms with Crippen molar-refractivity contribution in [3.8, 4) is 0 Å². The molecule has 12 heterocycles. The van der Waals surface area contributed by atoms with Gasteiger partial charge in [-0.2, -0.15) is 0 Å². The van der Waals surface area contributed by atoms with Crippen LogP contribution < -0.4 is 21.3 Å². The molecule has 1 aliphatic rings. The average Bonchev–Trinajstić information content (AvgIpc) is 1.69. The molecule has 0 atom stereocenters. The van der Waals surface area contributed by atoms with Crippen molar-refractivity contribution in [3.63, 3.8) is 0 Å². The molecule has 0 aliphatic heterocycles. The predicted molar refractivity (Wildman–Crippen MR) is 377 cm³/mol. The Morgan fingerprint density at radius 2 is 0.772 bits per heavy atom. The topological polar surface area (TPSA) is 220 Å². The average molecular weight is 1490 g/mol. The van der Waals surface area contributed by atoms with Gasteiger partial charge in [0.2, 0.25) is 0 Å². The van der Waals surface area contributed by atoms with Gasteiger partial charge in [-0.25, -0.2) is 39.9 Å². The maximum atomic E-state index is 4.89. The summed E-state index contributed by atoms with van der Waals surface area (Å²) in [6.45, 7) is 11.2. The Bertz CT molecular complexity index is 4480. The van der Waals surface area contributed by atoms with Gasteiger partial charge in [-0.3, -0.25) is 37.5 Å². The highest BCUT2D eigenvalue weighted by molar-refractivity contribution is 9.11. The van der Waals surface area contributed by atoms with Crippen LogP contribution in [-0.2, 0) is 50.9 Å². The van der Waals surface area contributed by atoms with Crippen molar-refractivity contribution < 1.29 is 0 Å². The number of fused-ring (bicyclic) bond motifs is 4. The third-order valence-electron chi connectivity index (χ3n) is 15.3. The second-order valence-electron chi connectivity index (χ2n) is 23.1. The van der Waals surface area contributed by atoms with E-state index in [1.54, 1.807) is 43.4 Å². The fourth-order valence-corrected chi connectivity index (χ4v) is 11.9. The lowest BCUT2D eigenvalue weighted by molar-refractivity contribution is 0.354. The van der Waals surface area contributed by atoms with E-state index in [0.29, 0.717) is 26.2 Å². The molecule has 12 aromatic heterocycles. The summed E-state index contributed by atoms with van der Waals surface area (Å²) >= 11 is 14.2. The number of imidazole rings is 4. The molecule has 20 nitrogen and oxygen atoms in total. The number of benzene rings is 1. The van der Waals surface area contributed by atoms with Crippen molar-refractivity contribution in [1.29, 1.82) is 0 Å². The third kappa shape index (κ3) is 17.1. The Labute approximate surface area is 567 Å². The highest BCUT2D eigenvalue weighted by atomic mass is 79.9. The standard InChI is InChI=1S/C19H22BrN5.C19H16BrN5.C16H18BrN5.C14H14BrN5/c2*20-17-12-23-19-18(22-11-15-7-4-8-21-10-15)24-16(13-25(17)19)9-14-5-2-1-3-6-14;1-16(2,3)12-10-22-13(17)9-20-15(22)14(21-12)19-8-11-5-4-6-18-7-11;1-2-11-9-20-12(15)8-18-14(20)13(19-11)17-7-10-4-3-5-16-6-10/h4,7-8,10,12-14H,1-3,5-6,9,11H2,(H,22,24);1-8,10,12-13H,9,11H2,(H,22,24);4-7,9-10H,8H2,1-3H3,(H,19,21);3-6,8-9H,2,7H2,1H3,(H,17,19). The van der Waals surface area contributed by atoms with Gasteiger partial charge < -0.3 is 21.3 Å². The number of nitrogens with one attached hydrogen (secondary N) is 4. The van der Waals surface area contributed by atoms with E-state index < -0.39 is 0 Å². The number of hydrogen-bond donors (Lipinski definition) is 4. The SMILES string of the molecule is Brc1cnc2c(NCc3cccnc3)nc(CC3CCCCC3)cn12.Brc1cnc2c(NCc3cccnc3)nc(Cc3ccccc3)cn12.CC(C)(C)c1cn2c(Br)cnc2c(NCc2cccnc2)n1.CCc1cn2c(Br)cnc2c(NCc2cccnc2)n1. The molecule has 1 saturated carbocycles. The Balaban J connectivity index is 0.000000126. The highest BCUT2D eigenvalue weighted by Crippen LogP contribution is 2.30. The van der Waals surface area contributed by atoms with Gasteiger partial charge in [0, 0.05) is 112 Å². The van der Waals surface area contributed by atoms with Gasteiger partial charge in [0.25, 0.3) is 0 Å². The fourth-order valence-electron chi connectivity index (χ4n) is 10.4. The first-order valence-corrected chi connectivity index (χ1v) is 33.7. The first-order chi connectivity index (χ1) is 44.8. The van der Waals surface area contributed by atoms with Gasteiger partial charge in [-0.05, 0) is 135 Å². The molecule has 14 rings (SSSR count). The molecular weight excluding hydrogens is 1420 g/mol. The van der Waals surface area contributed by atoms with Crippen molar-refractivity contribution in [2.24, 2.45) is 5.92 Å². The van der Waals surface area contributed by atoms with E-state index in [1.807, 2.05) is 123 Å². The minimum atomic E-state index is -0.0391. The fraction of sp³-hybridized carbons (Fsp3) is 0.265. The molecule has 0 saturated heterocycles. The van der Waals surface area contributed by atoms with E-state index in [-0.39, 0.29) is 5.41 Å². The van der Waals surface area contributed by atoms with Crippen LogP contribution in [0.5, 0.6) is 0 Å². The smallest absolute Gasteiger partial charge is 0.181 e. The van der Waals surface area contributed by atoms with E-state index in [4.69, 9.17) is 15.0 Å². The molecule has 470 valence electrons. The van der Waals surface area contributed by atoms with Crippen LogP contribution in [0.25, 0.3) is 22.6 Å². The molecule has 1 aliphatic carbocycles. The van der Waals surface area contributed by atoms with Gasteiger partial charge >= 0.3 is 0 Å². The summed E-state index contributed by atoms with van der Waals surface area (Å²) in [4.78, 5) is 53.4. The van der Waals surface area contributed by atoms with Crippen molar-refractivity contribution in [2.45, 2.75) is 111 Å². The Morgan fingerprint density at radius 3 is 1.16 bits per heavy atom. The van der Waals surface area contributed by atoms with Crippen LogP contribution in [0.3, 0.4) is 0 Å². The van der Waals surface area contributed by atoms with Crippen molar-refractivity contribution in [2.75, 3.05) is 21.3 Å². The normalized spacial score (nSPS) is 12.4. The lowest BCUT2D eigenvalue weighted by Gasteiger charge is -2.21. The molecule has 0 bridgehead atoms. The quantitative estimate of drug-likeness (QED) is 0.0666. The first kappa shape index (κ1) is 64.9. The second kappa shape index (κ2) is 31.2. The van der Waals surface area contributed by atoms with E-state index in [2.05, 4.69) is 186 Å². The van der Waals surface area contributed by atoms with Gasteiger partial charge in [0.1, 0.15) is 18.4 Å². The molecule has 13 aromatic rings. The zero-order chi connectivity index (χ0) is 63.8.